The second kappa shape index (κ2) is 13.9. The molecular formula is C29H33F5N6O6S. The SMILES string of the molecule is N#Cc1ccc(NC(=O)c2ccc(NS(=O)(=O)CCO)cc2N2CCC3(CC2)CC3)nc1N1CCC(F)(F)CC1.O=C(O)C(F)(F)F. The van der Waals surface area contributed by atoms with Crippen LogP contribution in [0, 0.1) is 16.7 Å². The van der Waals surface area contributed by atoms with Crippen molar-refractivity contribution in [2.75, 3.05) is 58.4 Å². The molecule has 1 aliphatic carbocycles. The highest BCUT2D eigenvalue weighted by molar-refractivity contribution is 7.92. The number of piperidine rings is 2. The molecule has 2 saturated heterocycles. The summed E-state index contributed by atoms with van der Waals surface area (Å²) in [5.41, 5.74) is 1.80. The Labute approximate surface area is 267 Å². The molecule has 0 unspecified atom stereocenters. The highest BCUT2D eigenvalue weighted by Gasteiger charge is 2.45. The van der Waals surface area contributed by atoms with Crippen molar-refractivity contribution in [3.63, 3.8) is 0 Å². The van der Waals surface area contributed by atoms with E-state index in [1.807, 2.05) is 6.07 Å². The molecule has 1 spiro atoms. The molecule has 0 atom stereocenters. The zero-order valence-electron chi connectivity index (χ0n) is 25.0. The highest BCUT2D eigenvalue weighted by atomic mass is 32.2. The fraction of sp³-hybridized carbons (Fsp3) is 0.517. The zero-order valence-corrected chi connectivity index (χ0v) is 25.8. The largest absolute Gasteiger partial charge is 0.490 e. The number of anilines is 4. The smallest absolute Gasteiger partial charge is 0.475 e. The number of aliphatic hydroxyl groups is 1. The van der Waals surface area contributed by atoms with Crippen molar-refractivity contribution in [1.29, 1.82) is 5.26 Å². The van der Waals surface area contributed by atoms with Gasteiger partial charge < -0.3 is 25.3 Å². The van der Waals surface area contributed by atoms with Gasteiger partial charge in [0, 0.05) is 39.0 Å². The van der Waals surface area contributed by atoms with Crippen LogP contribution in [0.15, 0.2) is 30.3 Å². The summed E-state index contributed by atoms with van der Waals surface area (Å²) in [4.78, 5) is 30.6. The Balaban J connectivity index is 0.000000644. The summed E-state index contributed by atoms with van der Waals surface area (Å²) in [6.45, 7) is 1.02. The van der Waals surface area contributed by atoms with Crippen LogP contribution in [-0.4, -0.2) is 86.1 Å². The number of nitriles is 1. The highest BCUT2D eigenvalue weighted by Crippen LogP contribution is 2.54. The van der Waals surface area contributed by atoms with Gasteiger partial charge in [0.05, 0.1) is 34.9 Å². The summed E-state index contributed by atoms with van der Waals surface area (Å²) in [6, 6.07) is 9.70. The number of amides is 1. The summed E-state index contributed by atoms with van der Waals surface area (Å²) in [6.07, 6.45) is -1.38. The lowest BCUT2D eigenvalue weighted by molar-refractivity contribution is -0.192. The van der Waals surface area contributed by atoms with Gasteiger partial charge >= 0.3 is 12.1 Å². The van der Waals surface area contributed by atoms with Gasteiger partial charge in [-0.25, -0.2) is 27.0 Å². The molecule has 1 saturated carbocycles. The molecule has 2 aromatic rings. The van der Waals surface area contributed by atoms with Crippen LogP contribution < -0.4 is 19.8 Å². The Morgan fingerprint density at radius 3 is 2.11 bits per heavy atom. The second-order valence-corrected chi connectivity index (χ2v) is 13.5. The molecule has 5 rings (SSSR count). The van der Waals surface area contributed by atoms with Crippen molar-refractivity contribution in [2.45, 2.75) is 50.6 Å². The predicted molar refractivity (Wildman–Crippen MR) is 161 cm³/mol. The minimum atomic E-state index is -5.08. The van der Waals surface area contributed by atoms with E-state index < -0.39 is 46.4 Å². The van der Waals surface area contributed by atoms with Crippen LogP contribution in [0.1, 0.15) is 54.4 Å². The lowest BCUT2D eigenvalue weighted by Gasteiger charge is -2.35. The maximum absolute atomic E-state index is 13.7. The fourth-order valence-corrected chi connectivity index (χ4v) is 6.20. The van der Waals surface area contributed by atoms with Gasteiger partial charge in [-0.05, 0) is 61.4 Å². The third-order valence-corrected chi connectivity index (χ3v) is 9.54. The maximum Gasteiger partial charge on any atom is 0.490 e. The molecule has 1 aromatic heterocycles. The van der Waals surface area contributed by atoms with Gasteiger partial charge in [0.2, 0.25) is 10.0 Å². The van der Waals surface area contributed by atoms with Crippen molar-refractivity contribution < 1.29 is 50.2 Å². The fourth-order valence-electron chi connectivity index (χ4n) is 5.37. The molecule has 0 bridgehead atoms. The number of carboxylic acid groups (broad SMARTS) is 1. The molecule has 2 aliphatic heterocycles. The number of nitrogens with zero attached hydrogens (tertiary/aromatic N) is 4. The Kier molecular flexibility index (Phi) is 10.5. The number of halogens is 5. The normalized spacial score (nSPS) is 18.4. The average Bonchev–Trinajstić information content (AvgIpc) is 3.75. The molecule has 0 radical (unpaired) electrons. The van der Waals surface area contributed by atoms with Crippen LogP contribution >= 0.6 is 0 Å². The Bertz CT molecular complexity index is 1620. The van der Waals surface area contributed by atoms with E-state index in [1.54, 1.807) is 17.0 Å². The van der Waals surface area contributed by atoms with Crippen molar-refractivity contribution in [3.05, 3.63) is 41.5 Å². The molecule has 1 amide bonds. The number of benzene rings is 1. The van der Waals surface area contributed by atoms with E-state index in [4.69, 9.17) is 15.0 Å². The zero-order chi connectivity index (χ0) is 34.6. The lowest BCUT2D eigenvalue weighted by atomic mass is 9.93. The Hall–Kier alpha value is -4.24. The second-order valence-electron chi connectivity index (χ2n) is 11.6. The first-order valence-corrected chi connectivity index (χ1v) is 16.3. The maximum atomic E-state index is 13.7. The van der Waals surface area contributed by atoms with Crippen molar-refractivity contribution >= 4 is 44.9 Å². The van der Waals surface area contributed by atoms with E-state index in [1.165, 1.54) is 31.0 Å². The standard InChI is InChI=1S/C27H32F2N6O4S.C2HF3O2/c28-27(29)9-13-35(14-10-27)24-19(18-30)1-4-23(31-24)32-25(37)21-3-2-20(33-40(38,39)16-15-36)17-22(21)34-11-7-26(5-6-26)8-12-34;3-2(4,5)1(6)7/h1-4,17,33,36H,5-16H2,(H,31,32,37);(H,6,7). The van der Waals surface area contributed by atoms with E-state index in [-0.39, 0.29) is 48.8 Å². The predicted octanol–water partition coefficient (Wildman–Crippen LogP) is 4.19. The number of aromatic nitrogens is 1. The van der Waals surface area contributed by atoms with Crippen molar-refractivity contribution in [1.82, 2.24) is 4.98 Å². The minimum absolute atomic E-state index is 0.0420. The Morgan fingerprint density at radius 2 is 1.57 bits per heavy atom. The summed E-state index contributed by atoms with van der Waals surface area (Å²) >= 11 is 0. The van der Waals surface area contributed by atoms with E-state index in [0.717, 1.165) is 25.9 Å². The summed E-state index contributed by atoms with van der Waals surface area (Å²) in [5, 5.41) is 28.5. The molecule has 1 aromatic carbocycles. The molecule has 47 heavy (non-hydrogen) atoms. The molecule has 12 nitrogen and oxygen atoms in total. The van der Waals surface area contributed by atoms with Gasteiger partial charge in [0.25, 0.3) is 11.8 Å². The first-order chi connectivity index (χ1) is 22.0. The van der Waals surface area contributed by atoms with Gasteiger partial charge in [-0.2, -0.15) is 18.4 Å². The van der Waals surface area contributed by atoms with Crippen molar-refractivity contribution in [2.24, 2.45) is 5.41 Å². The van der Waals surface area contributed by atoms with Crippen LogP contribution in [0.3, 0.4) is 0 Å². The molecule has 3 heterocycles. The number of carbonyl (C=O) groups is 2. The number of sulfonamides is 1. The minimum Gasteiger partial charge on any atom is -0.475 e. The Morgan fingerprint density at radius 1 is 0.979 bits per heavy atom. The van der Waals surface area contributed by atoms with Gasteiger partial charge in [-0.15, -0.1) is 0 Å². The number of rotatable bonds is 8. The molecule has 3 aliphatic rings. The number of nitrogens with one attached hydrogen (secondary N) is 2. The number of aliphatic hydroxyl groups excluding tert-OH is 1. The van der Waals surface area contributed by atoms with Crippen LogP contribution in [-0.2, 0) is 14.8 Å². The first kappa shape index (κ1) is 35.6. The van der Waals surface area contributed by atoms with Crippen LogP contribution in [0.25, 0.3) is 0 Å². The van der Waals surface area contributed by atoms with Gasteiger partial charge in [0.1, 0.15) is 17.7 Å². The molecule has 18 heteroatoms. The number of hydrogen-bond donors (Lipinski definition) is 4. The summed E-state index contributed by atoms with van der Waals surface area (Å²) < 4.78 is 86.1. The summed E-state index contributed by atoms with van der Waals surface area (Å²) in [5.74, 6) is -6.01. The first-order valence-electron chi connectivity index (χ1n) is 14.6. The van der Waals surface area contributed by atoms with Crippen LogP contribution in [0.5, 0.6) is 0 Å². The number of pyridine rings is 1. The van der Waals surface area contributed by atoms with Gasteiger partial charge in [0.15, 0.2) is 0 Å². The van der Waals surface area contributed by atoms with E-state index in [2.05, 4.69) is 19.9 Å². The monoisotopic (exact) mass is 688 g/mol. The molecule has 4 N–H and O–H groups in total. The lowest BCUT2D eigenvalue weighted by Crippen LogP contribution is -2.40. The number of carboxylic acids is 1. The molecule has 256 valence electrons. The van der Waals surface area contributed by atoms with Crippen LogP contribution in [0.2, 0.25) is 0 Å². The number of carbonyl (C=O) groups excluding carboxylic acids is 1. The van der Waals surface area contributed by atoms with E-state index >= 15 is 0 Å². The van der Waals surface area contributed by atoms with Crippen molar-refractivity contribution in [3.8, 4) is 6.07 Å². The van der Waals surface area contributed by atoms with E-state index in [9.17, 15) is 40.4 Å². The summed E-state index contributed by atoms with van der Waals surface area (Å²) in [7, 11) is -3.76. The molecule has 3 fully saturated rings. The number of hydrogen-bond acceptors (Lipinski definition) is 9. The van der Waals surface area contributed by atoms with E-state index in [0.29, 0.717) is 16.7 Å². The van der Waals surface area contributed by atoms with Gasteiger partial charge in [-0.3, -0.25) is 9.52 Å². The molecular weight excluding hydrogens is 655 g/mol. The quantitative estimate of drug-likeness (QED) is 0.294. The average molecular weight is 689 g/mol. The van der Waals surface area contributed by atoms with Gasteiger partial charge in [-0.1, -0.05) is 0 Å². The topological polar surface area (TPSA) is 176 Å². The van der Waals surface area contributed by atoms with Crippen LogP contribution in [0.4, 0.5) is 45.0 Å². The third kappa shape index (κ3) is 9.41. The number of aliphatic carboxylic acids is 1. The number of alkyl halides is 5. The third-order valence-electron chi connectivity index (χ3n) is 8.27.